The summed E-state index contributed by atoms with van der Waals surface area (Å²) < 4.78 is 26.5. The van der Waals surface area contributed by atoms with Gasteiger partial charge in [-0.3, -0.25) is 4.79 Å². The summed E-state index contributed by atoms with van der Waals surface area (Å²) in [6, 6.07) is 1.78. The second kappa shape index (κ2) is 5.65. The highest BCUT2D eigenvalue weighted by Crippen LogP contribution is 2.45. The van der Waals surface area contributed by atoms with E-state index in [-0.39, 0.29) is 31.0 Å². The van der Waals surface area contributed by atoms with E-state index in [9.17, 15) is 13.6 Å². The van der Waals surface area contributed by atoms with Crippen LogP contribution in [0.25, 0.3) is 0 Å². The number of rotatable bonds is 4. The molecule has 0 unspecified atom stereocenters. The van der Waals surface area contributed by atoms with Gasteiger partial charge in [0.2, 0.25) is 5.92 Å². The van der Waals surface area contributed by atoms with Crippen LogP contribution in [-0.2, 0) is 0 Å². The van der Waals surface area contributed by atoms with Crippen LogP contribution >= 0.6 is 11.3 Å². The number of carbonyl (C=O) groups is 1. The average molecular weight is 296 g/mol. The van der Waals surface area contributed by atoms with Crippen LogP contribution in [0.2, 0.25) is 0 Å². The van der Waals surface area contributed by atoms with Crippen LogP contribution in [0.4, 0.5) is 8.78 Å². The lowest BCUT2D eigenvalue weighted by molar-refractivity contribution is -0.0562. The molecule has 108 valence electrons. The van der Waals surface area contributed by atoms with Gasteiger partial charge < -0.3 is 0 Å². The van der Waals surface area contributed by atoms with Gasteiger partial charge in [0, 0.05) is 35.6 Å². The van der Waals surface area contributed by atoms with Gasteiger partial charge >= 0.3 is 0 Å². The van der Waals surface area contributed by atoms with E-state index >= 15 is 0 Å². The van der Waals surface area contributed by atoms with E-state index in [1.165, 1.54) is 11.3 Å². The van der Waals surface area contributed by atoms with Crippen molar-refractivity contribution in [3.63, 3.8) is 0 Å². The molecule has 1 aliphatic rings. The molecule has 20 heavy (non-hydrogen) atoms. The first kappa shape index (κ1) is 15.2. The van der Waals surface area contributed by atoms with Crippen LogP contribution in [0.15, 0.2) is 16.8 Å². The molecule has 1 aromatic heterocycles. The topological polar surface area (TPSA) is 17.1 Å². The Morgan fingerprint density at radius 2 is 2.20 bits per heavy atom. The Balaban J connectivity index is 2.06. The number of hydrogen-bond acceptors (Lipinski definition) is 2. The number of halogens is 2. The molecule has 1 aliphatic carbocycles. The fourth-order valence-corrected chi connectivity index (χ4v) is 3.51. The molecule has 0 bridgehead atoms. The Morgan fingerprint density at radius 3 is 2.70 bits per heavy atom. The van der Waals surface area contributed by atoms with Gasteiger partial charge in [-0.1, -0.05) is 5.92 Å². The largest absolute Gasteiger partial charge is 0.294 e. The molecule has 0 N–H and O–H groups in total. The lowest BCUT2D eigenvalue weighted by atomic mass is 9.67. The molecule has 0 aromatic carbocycles. The Hall–Kier alpha value is -1.21. The van der Waals surface area contributed by atoms with Crippen LogP contribution in [0.5, 0.6) is 0 Å². The molecular weight excluding hydrogens is 278 g/mol. The quantitative estimate of drug-likeness (QED) is 0.577. The molecule has 0 aliphatic heterocycles. The van der Waals surface area contributed by atoms with E-state index < -0.39 is 11.3 Å². The predicted molar refractivity (Wildman–Crippen MR) is 77.1 cm³/mol. The van der Waals surface area contributed by atoms with Gasteiger partial charge in [0.05, 0.1) is 0 Å². The summed E-state index contributed by atoms with van der Waals surface area (Å²) in [6.45, 7) is 1.85. The number of thiophene rings is 1. The number of Topliss-reactive ketones (excluding diaryl/α,β-unsaturated/α-hetero) is 1. The smallest absolute Gasteiger partial charge is 0.248 e. The third-order valence-electron chi connectivity index (χ3n) is 4.32. The summed E-state index contributed by atoms with van der Waals surface area (Å²) in [4.78, 5) is 12.2. The third kappa shape index (κ3) is 3.27. The van der Waals surface area contributed by atoms with Crippen molar-refractivity contribution in [2.24, 2.45) is 11.3 Å². The van der Waals surface area contributed by atoms with E-state index in [2.05, 4.69) is 5.92 Å². The molecule has 1 nitrogen and oxygen atoms in total. The lowest BCUT2D eigenvalue weighted by Crippen LogP contribution is -2.35. The van der Waals surface area contributed by atoms with E-state index in [0.717, 1.165) is 0 Å². The Labute approximate surface area is 122 Å². The SMILES string of the molecule is C#C[C@@](C)(CC(=O)c1ccsc1)C1CCC(F)(F)CC1. The van der Waals surface area contributed by atoms with Gasteiger partial charge in [0.15, 0.2) is 5.78 Å². The molecule has 1 saturated carbocycles. The minimum absolute atomic E-state index is 0.00373. The molecular formula is C16H18F2OS. The molecule has 1 aromatic rings. The van der Waals surface area contributed by atoms with Crippen molar-refractivity contribution in [3.05, 3.63) is 22.4 Å². The van der Waals surface area contributed by atoms with E-state index in [1.54, 1.807) is 11.4 Å². The third-order valence-corrected chi connectivity index (χ3v) is 5.00. The second-order valence-corrected chi connectivity index (χ2v) is 6.58. The van der Waals surface area contributed by atoms with E-state index in [4.69, 9.17) is 6.42 Å². The zero-order valence-corrected chi connectivity index (χ0v) is 12.3. The zero-order chi connectivity index (χ0) is 14.8. The summed E-state index contributed by atoms with van der Waals surface area (Å²) in [5.74, 6) is 0.139. The van der Waals surface area contributed by atoms with Gasteiger partial charge in [-0.25, -0.2) is 8.78 Å². The molecule has 2 rings (SSSR count). The van der Waals surface area contributed by atoms with Gasteiger partial charge in [0.25, 0.3) is 0 Å². The Bertz CT molecular complexity index is 505. The fourth-order valence-electron chi connectivity index (χ4n) is 2.85. The highest BCUT2D eigenvalue weighted by Gasteiger charge is 2.42. The van der Waals surface area contributed by atoms with Crippen molar-refractivity contribution in [2.75, 3.05) is 0 Å². The van der Waals surface area contributed by atoms with Gasteiger partial charge in [-0.15, -0.1) is 6.42 Å². The Morgan fingerprint density at radius 1 is 1.55 bits per heavy atom. The van der Waals surface area contributed by atoms with Crippen molar-refractivity contribution in [1.82, 2.24) is 0 Å². The molecule has 4 heteroatoms. The normalized spacial score (nSPS) is 21.9. The first-order chi connectivity index (χ1) is 9.36. The first-order valence-electron chi connectivity index (χ1n) is 6.77. The van der Waals surface area contributed by atoms with Crippen LogP contribution in [-0.4, -0.2) is 11.7 Å². The van der Waals surface area contributed by atoms with Crippen LogP contribution < -0.4 is 0 Å². The maximum absolute atomic E-state index is 13.2. The van der Waals surface area contributed by atoms with Crippen molar-refractivity contribution < 1.29 is 13.6 Å². The van der Waals surface area contributed by atoms with Crippen molar-refractivity contribution >= 4 is 17.1 Å². The van der Waals surface area contributed by atoms with Crippen LogP contribution in [0.3, 0.4) is 0 Å². The van der Waals surface area contributed by atoms with E-state index in [1.807, 2.05) is 12.3 Å². The number of carbonyl (C=O) groups excluding carboxylic acids is 1. The summed E-state index contributed by atoms with van der Waals surface area (Å²) in [6.07, 6.45) is 6.39. The molecule has 1 atom stereocenters. The standard InChI is InChI=1S/C16H18F2OS/c1-3-15(2,10-14(19)12-6-9-20-11-12)13-4-7-16(17,18)8-5-13/h1,6,9,11,13H,4-5,7-8,10H2,2H3/t15-/m0/s1. The summed E-state index contributed by atoms with van der Waals surface area (Å²) in [7, 11) is 0. The minimum Gasteiger partial charge on any atom is -0.294 e. The number of terminal acetylenes is 1. The molecule has 1 heterocycles. The Kier molecular flexibility index (Phi) is 4.29. The van der Waals surface area contributed by atoms with Gasteiger partial charge in [-0.05, 0) is 37.1 Å². The monoisotopic (exact) mass is 296 g/mol. The van der Waals surface area contributed by atoms with Crippen LogP contribution in [0.1, 0.15) is 49.4 Å². The molecule has 0 saturated heterocycles. The fraction of sp³-hybridized carbons (Fsp3) is 0.562. The maximum Gasteiger partial charge on any atom is 0.248 e. The molecule has 0 radical (unpaired) electrons. The number of hydrogen-bond donors (Lipinski definition) is 0. The van der Waals surface area contributed by atoms with Crippen molar-refractivity contribution in [2.45, 2.75) is 45.0 Å². The van der Waals surface area contributed by atoms with Gasteiger partial charge in [0.1, 0.15) is 0 Å². The minimum atomic E-state index is -2.57. The average Bonchev–Trinajstić information content (AvgIpc) is 2.92. The highest BCUT2D eigenvalue weighted by molar-refractivity contribution is 7.08. The lowest BCUT2D eigenvalue weighted by Gasteiger charge is -2.38. The molecule has 1 fully saturated rings. The van der Waals surface area contributed by atoms with Gasteiger partial charge in [-0.2, -0.15) is 11.3 Å². The maximum atomic E-state index is 13.2. The summed E-state index contributed by atoms with van der Waals surface area (Å²) in [5.41, 5.74) is 0.0350. The summed E-state index contributed by atoms with van der Waals surface area (Å²) >= 11 is 1.47. The second-order valence-electron chi connectivity index (χ2n) is 5.80. The molecule has 0 amide bonds. The number of ketones is 1. The first-order valence-corrected chi connectivity index (χ1v) is 7.72. The van der Waals surface area contributed by atoms with Crippen molar-refractivity contribution in [3.8, 4) is 12.3 Å². The highest BCUT2D eigenvalue weighted by atomic mass is 32.1. The zero-order valence-electron chi connectivity index (χ0n) is 11.5. The van der Waals surface area contributed by atoms with Crippen molar-refractivity contribution in [1.29, 1.82) is 0 Å². The van der Waals surface area contributed by atoms with E-state index in [0.29, 0.717) is 18.4 Å². The molecule has 0 spiro atoms. The predicted octanol–water partition coefficient (Wildman–Crippen LogP) is 4.79. The van der Waals surface area contributed by atoms with Crippen LogP contribution in [0, 0.1) is 23.7 Å². The summed E-state index contributed by atoms with van der Waals surface area (Å²) in [5, 5.41) is 3.65. The number of alkyl halides is 2.